The van der Waals surface area contributed by atoms with Crippen LogP contribution in [0.4, 0.5) is 0 Å². The summed E-state index contributed by atoms with van der Waals surface area (Å²) in [5.41, 5.74) is 6.46. The van der Waals surface area contributed by atoms with Crippen LogP contribution in [-0.4, -0.2) is 53.8 Å². The Morgan fingerprint density at radius 1 is 1.12 bits per heavy atom. The molecule has 9 heteroatoms. The Balaban J connectivity index is 1.87. The molecule has 0 atom stereocenters. The molecule has 2 heterocycles. The Labute approximate surface area is 186 Å². The normalized spacial score (nSPS) is 13.8. The molecule has 3 rings (SSSR count). The third-order valence-corrected chi connectivity index (χ3v) is 4.49. The minimum atomic E-state index is -0.540. The zero-order chi connectivity index (χ0) is 23.1. The number of nitrogens with two attached hydrogens (primary N) is 1. The SMILES string of the molecule is CN/C=C\C(N)=NC(=O)c1cc(Oc2cncc(C(=O)N3CCC3)c2)cc(OC(C)C)c1. The average Bonchev–Trinajstić information content (AvgIpc) is 2.70. The molecule has 1 aromatic heterocycles. The summed E-state index contributed by atoms with van der Waals surface area (Å²) in [7, 11) is 1.71. The molecule has 168 valence electrons. The smallest absolute Gasteiger partial charge is 0.279 e. The van der Waals surface area contributed by atoms with Crippen molar-refractivity contribution in [3.63, 3.8) is 0 Å². The lowest BCUT2D eigenvalue weighted by Crippen LogP contribution is -2.42. The molecule has 1 saturated heterocycles. The molecule has 1 aromatic carbocycles. The van der Waals surface area contributed by atoms with E-state index >= 15 is 0 Å². The third kappa shape index (κ3) is 6.07. The Morgan fingerprint density at radius 2 is 1.84 bits per heavy atom. The molecule has 0 saturated carbocycles. The number of benzene rings is 1. The van der Waals surface area contributed by atoms with Crippen LogP contribution in [-0.2, 0) is 0 Å². The highest BCUT2D eigenvalue weighted by molar-refractivity contribution is 6.06. The molecule has 0 aliphatic carbocycles. The third-order valence-electron chi connectivity index (χ3n) is 4.49. The summed E-state index contributed by atoms with van der Waals surface area (Å²) in [6.45, 7) is 5.25. The topological polar surface area (TPSA) is 119 Å². The molecule has 1 aliphatic heterocycles. The van der Waals surface area contributed by atoms with E-state index in [1.54, 1.807) is 36.3 Å². The molecule has 9 nitrogen and oxygen atoms in total. The molecule has 3 N–H and O–H groups in total. The van der Waals surface area contributed by atoms with Gasteiger partial charge in [0.25, 0.3) is 11.8 Å². The van der Waals surface area contributed by atoms with E-state index in [1.807, 2.05) is 13.8 Å². The summed E-state index contributed by atoms with van der Waals surface area (Å²) < 4.78 is 11.7. The van der Waals surface area contributed by atoms with Crippen LogP contribution in [0.1, 0.15) is 41.0 Å². The van der Waals surface area contributed by atoms with E-state index in [-0.39, 0.29) is 23.4 Å². The quantitative estimate of drug-likeness (QED) is 0.481. The minimum absolute atomic E-state index is 0.0587. The fraction of sp³-hybridized carbons (Fsp3) is 0.304. The van der Waals surface area contributed by atoms with Crippen LogP contribution < -0.4 is 20.5 Å². The van der Waals surface area contributed by atoms with Gasteiger partial charge in [-0.2, -0.15) is 4.99 Å². The molecule has 1 fully saturated rings. The van der Waals surface area contributed by atoms with Crippen molar-refractivity contribution in [2.45, 2.75) is 26.4 Å². The summed E-state index contributed by atoms with van der Waals surface area (Å²) >= 11 is 0. The molecule has 0 bridgehead atoms. The fourth-order valence-corrected chi connectivity index (χ4v) is 2.91. The van der Waals surface area contributed by atoms with Gasteiger partial charge in [0.2, 0.25) is 0 Å². The van der Waals surface area contributed by atoms with Crippen LogP contribution in [0.3, 0.4) is 0 Å². The van der Waals surface area contributed by atoms with E-state index in [0.29, 0.717) is 22.8 Å². The maximum Gasteiger partial charge on any atom is 0.279 e. The highest BCUT2D eigenvalue weighted by atomic mass is 16.5. The van der Waals surface area contributed by atoms with Crippen LogP contribution in [0.25, 0.3) is 0 Å². The molecule has 0 radical (unpaired) electrons. The van der Waals surface area contributed by atoms with E-state index in [9.17, 15) is 9.59 Å². The number of rotatable bonds is 8. The average molecular weight is 438 g/mol. The van der Waals surface area contributed by atoms with Gasteiger partial charge in [-0.05, 0) is 50.7 Å². The largest absolute Gasteiger partial charge is 0.491 e. The number of likely N-dealkylation sites (tertiary alicyclic amines) is 1. The number of nitrogens with zero attached hydrogens (tertiary/aromatic N) is 3. The van der Waals surface area contributed by atoms with Crippen molar-refractivity contribution in [1.29, 1.82) is 0 Å². The number of hydrogen-bond donors (Lipinski definition) is 2. The second-order valence-electron chi connectivity index (χ2n) is 7.48. The molecule has 1 aliphatic rings. The second kappa shape index (κ2) is 10.4. The van der Waals surface area contributed by atoms with Crippen molar-refractivity contribution in [2.24, 2.45) is 10.7 Å². The van der Waals surface area contributed by atoms with Crippen molar-refractivity contribution < 1.29 is 19.1 Å². The second-order valence-corrected chi connectivity index (χ2v) is 7.48. The molecule has 32 heavy (non-hydrogen) atoms. The Bertz CT molecular complexity index is 1040. The van der Waals surface area contributed by atoms with E-state index in [2.05, 4.69) is 15.3 Å². The van der Waals surface area contributed by atoms with E-state index in [4.69, 9.17) is 15.2 Å². The van der Waals surface area contributed by atoms with Crippen molar-refractivity contribution in [1.82, 2.24) is 15.2 Å². The number of amides is 2. The number of amidine groups is 1. The Hall–Kier alpha value is -3.88. The first-order chi connectivity index (χ1) is 15.4. The van der Waals surface area contributed by atoms with Crippen molar-refractivity contribution in [3.05, 3.63) is 60.1 Å². The lowest BCUT2D eigenvalue weighted by molar-refractivity contribution is 0.0651. The molecule has 2 amide bonds. The molecule has 2 aromatic rings. The number of carbonyl (C=O) groups excluding carboxylic acids is 2. The van der Waals surface area contributed by atoms with Crippen LogP contribution in [0.2, 0.25) is 0 Å². The van der Waals surface area contributed by atoms with Gasteiger partial charge >= 0.3 is 0 Å². The Kier molecular flexibility index (Phi) is 7.43. The maximum absolute atomic E-state index is 12.6. The van der Waals surface area contributed by atoms with Gasteiger partial charge < -0.3 is 25.4 Å². The van der Waals surface area contributed by atoms with Crippen LogP contribution in [0.15, 0.2) is 53.9 Å². The monoisotopic (exact) mass is 437 g/mol. The first-order valence-electron chi connectivity index (χ1n) is 10.3. The number of ether oxygens (including phenoxy) is 2. The van der Waals surface area contributed by atoms with E-state index in [1.165, 1.54) is 24.5 Å². The number of carbonyl (C=O) groups is 2. The predicted octanol–water partition coefficient (Wildman–Crippen LogP) is 2.74. The fourth-order valence-electron chi connectivity index (χ4n) is 2.91. The first-order valence-corrected chi connectivity index (χ1v) is 10.3. The Morgan fingerprint density at radius 3 is 2.50 bits per heavy atom. The lowest BCUT2D eigenvalue weighted by Gasteiger charge is -2.30. The standard InChI is InChI=1S/C23H27N5O4/c1-15(2)31-18-9-16(22(29)27-21(24)5-6-25-3)10-19(12-18)32-20-11-17(13-26-14-20)23(30)28-7-4-8-28/h5-6,9-15,25H,4,7-8H2,1-3H3,(H2,24,27,29)/b6-5-. The van der Waals surface area contributed by atoms with Crippen molar-refractivity contribution in [2.75, 3.05) is 20.1 Å². The molecular formula is C23H27N5O4. The lowest BCUT2D eigenvalue weighted by atomic mass is 10.1. The summed E-state index contributed by atoms with van der Waals surface area (Å²) in [5.74, 6) is 0.603. The number of pyridine rings is 1. The first kappa shape index (κ1) is 22.8. The summed E-state index contributed by atoms with van der Waals surface area (Å²) in [6.07, 6.45) is 6.96. The number of hydrogen-bond acceptors (Lipinski definition) is 6. The van der Waals surface area contributed by atoms with E-state index < -0.39 is 5.91 Å². The summed E-state index contributed by atoms with van der Waals surface area (Å²) in [6, 6.07) is 6.41. The van der Waals surface area contributed by atoms with Gasteiger partial charge in [0, 0.05) is 38.0 Å². The van der Waals surface area contributed by atoms with Crippen molar-refractivity contribution in [3.8, 4) is 17.2 Å². The van der Waals surface area contributed by atoms with Crippen LogP contribution >= 0.6 is 0 Å². The van der Waals surface area contributed by atoms with Gasteiger partial charge in [0.05, 0.1) is 17.9 Å². The number of aliphatic imine (C=N–C) groups is 1. The molecular weight excluding hydrogens is 410 g/mol. The highest BCUT2D eigenvalue weighted by Crippen LogP contribution is 2.29. The molecule has 0 spiro atoms. The number of nitrogens with one attached hydrogen (secondary N) is 1. The van der Waals surface area contributed by atoms with Crippen molar-refractivity contribution >= 4 is 17.6 Å². The molecule has 0 unspecified atom stereocenters. The zero-order valence-corrected chi connectivity index (χ0v) is 18.4. The summed E-state index contributed by atoms with van der Waals surface area (Å²) in [5, 5.41) is 2.78. The minimum Gasteiger partial charge on any atom is -0.491 e. The number of aromatic nitrogens is 1. The van der Waals surface area contributed by atoms with Gasteiger partial charge in [-0.25, -0.2) is 0 Å². The van der Waals surface area contributed by atoms with Gasteiger partial charge in [-0.3, -0.25) is 14.6 Å². The van der Waals surface area contributed by atoms with E-state index in [0.717, 1.165) is 19.5 Å². The van der Waals surface area contributed by atoms with Crippen LogP contribution in [0.5, 0.6) is 17.2 Å². The van der Waals surface area contributed by atoms with Gasteiger partial charge in [-0.15, -0.1) is 0 Å². The van der Waals surface area contributed by atoms with Gasteiger partial charge in [0.1, 0.15) is 23.1 Å². The maximum atomic E-state index is 12.6. The summed E-state index contributed by atoms with van der Waals surface area (Å²) in [4.78, 5) is 34.8. The van der Waals surface area contributed by atoms with Crippen LogP contribution in [0, 0.1) is 0 Å². The predicted molar refractivity (Wildman–Crippen MR) is 121 cm³/mol. The highest BCUT2D eigenvalue weighted by Gasteiger charge is 2.22. The van der Waals surface area contributed by atoms with Gasteiger partial charge in [0.15, 0.2) is 0 Å². The zero-order valence-electron chi connectivity index (χ0n) is 18.4. The van der Waals surface area contributed by atoms with Gasteiger partial charge in [-0.1, -0.05) is 0 Å².